The van der Waals surface area contributed by atoms with Gasteiger partial charge in [-0.3, -0.25) is 4.79 Å². The van der Waals surface area contributed by atoms with Crippen molar-refractivity contribution < 1.29 is 14.3 Å². The van der Waals surface area contributed by atoms with E-state index in [0.717, 1.165) is 0 Å². The summed E-state index contributed by atoms with van der Waals surface area (Å²) in [5.41, 5.74) is 0.388. The average Bonchev–Trinajstić information content (AvgIpc) is 2.46. The maximum atomic E-state index is 12.4. The van der Waals surface area contributed by atoms with Crippen molar-refractivity contribution in [2.45, 2.75) is 6.42 Å². The molecule has 1 amide bonds. The molecule has 0 radical (unpaired) electrons. The topological polar surface area (TPSA) is 75.5 Å². The van der Waals surface area contributed by atoms with Crippen LogP contribution in [0.15, 0.2) is 18.3 Å². The van der Waals surface area contributed by atoms with Gasteiger partial charge in [0.25, 0.3) is 5.91 Å². The number of hydrogen-bond acceptors (Lipinski definition) is 5. The zero-order valence-electron chi connectivity index (χ0n) is 11.1. The number of rotatable bonds is 7. The maximum Gasteiger partial charge on any atom is 0.259 e. The molecule has 6 nitrogen and oxygen atoms in total. The molecule has 6 heteroatoms. The molecule has 0 fully saturated rings. The molecule has 1 rings (SSSR count). The van der Waals surface area contributed by atoms with Crippen molar-refractivity contribution in [1.82, 2.24) is 9.88 Å². The zero-order valence-corrected chi connectivity index (χ0v) is 11.1. The van der Waals surface area contributed by atoms with E-state index in [1.807, 2.05) is 6.07 Å². The monoisotopic (exact) mass is 263 g/mol. The minimum atomic E-state index is -0.211. The molecule has 0 bridgehead atoms. The van der Waals surface area contributed by atoms with Crippen molar-refractivity contribution in [1.29, 1.82) is 5.26 Å². The van der Waals surface area contributed by atoms with Crippen LogP contribution >= 0.6 is 0 Å². The molecule has 19 heavy (non-hydrogen) atoms. The molecule has 1 heterocycles. The SMILES string of the molecule is COCCN(CCC#N)C(=O)c1cccnc1OC. The highest BCUT2D eigenvalue weighted by atomic mass is 16.5. The van der Waals surface area contributed by atoms with Crippen LogP contribution in [0.25, 0.3) is 0 Å². The molecule has 0 atom stereocenters. The molecule has 1 aromatic rings. The predicted octanol–water partition coefficient (Wildman–Crippen LogP) is 1.09. The van der Waals surface area contributed by atoms with E-state index in [9.17, 15) is 4.79 Å². The van der Waals surface area contributed by atoms with Crippen molar-refractivity contribution in [2.75, 3.05) is 33.9 Å². The smallest absolute Gasteiger partial charge is 0.259 e. The van der Waals surface area contributed by atoms with Gasteiger partial charge in [0, 0.05) is 26.4 Å². The second-order valence-electron chi connectivity index (χ2n) is 3.75. The third-order valence-electron chi connectivity index (χ3n) is 2.54. The first-order valence-corrected chi connectivity index (χ1v) is 5.88. The Morgan fingerprint density at radius 2 is 2.26 bits per heavy atom. The summed E-state index contributed by atoms with van der Waals surface area (Å²) in [6.07, 6.45) is 1.84. The van der Waals surface area contributed by atoms with Gasteiger partial charge >= 0.3 is 0 Å². The molecule has 0 aliphatic carbocycles. The molecule has 102 valence electrons. The average molecular weight is 263 g/mol. The Morgan fingerprint density at radius 3 is 2.89 bits per heavy atom. The number of carbonyl (C=O) groups excluding carboxylic acids is 1. The Hall–Kier alpha value is -2.13. The van der Waals surface area contributed by atoms with Gasteiger partial charge in [-0.25, -0.2) is 4.98 Å². The molecule has 0 aliphatic rings. The van der Waals surface area contributed by atoms with Gasteiger partial charge in [-0.2, -0.15) is 5.26 Å². The Kier molecular flexibility index (Phi) is 6.33. The van der Waals surface area contributed by atoms with Gasteiger partial charge in [-0.05, 0) is 12.1 Å². The normalized spacial score (nSPS) is 9.74. The summed E-state index contributed by atoms with van der Waals surface area (Å²) in [6, 6.07) is 5.36. The molecule has 0 saturated carbocycles. The van der Waals surface area contributed by atoms with Crippen LogP contribution < -0.4 is 4.74 Å². The van der Waals surface area contributed by atoms with E-state index >= 15 is 0 Å². The van der Waals surface area contributed by atoms with E-state index in [4.69, 9.17) is 14.7 Å². The van der Waals surface area contributed by atoms with Gasteiger partial charge in [0.05, 0.1) is 26.2 Å². The van der Waals surface area contributed by atoms with E-state index in [1.165, 1.54) is 7.11 Å². The quantitative estimate of drug-likeness (QED) is 0.736. The largest absolute Gasteiger partial charge is 0.480 e. The summed E-state index contributed by atoms with van der Waals surface area (Å²) in [7, 11) is 3.03. The number of hydrogen-bond donors (Lipinski definition) is 0. The van der Waals surface area contributed by atoms with Gasteiger partial charge in [0.15, 0.2) is 0 Å². The highest BCUT2D eigenvalue weighted by molar-refractivity contribution is 5.96. The van der Waals surface area contributed by atoms with Gasteiger partial charge in [-0.1, -0.05) is 0 Å². The molecule has 0 saturated heterocycles. The number of pyridine rings is 1. The molecule has 0 spiro atoms. The molecule has 1 aromatic heterocycles. The van der Waals surface area contributed by atoms with Crippen LogP contribution in [-0.4, -0.2) is 49.7 Å². The van der Waals surface area contributed by atoms with Crippen LogP contribution in [0.3, 0.4) is 0 Å². The third kappa shape index (κ3) is 4.23. The summed E-state index contributed by atoms with van der Waals surface area (Å²) in [5, 5.41) is 8.64. The lowest BCUT2D eigenvalue weighted by Crippen LogP contribution is -2.35. The van der Waals surface area contributed by atoms with Crippen LogP contribution in [0.5, 0.6) is 5.88 Å². The number of ether oxygens (including phenoxy) is 2. The Morgan fingerprint density at radius 1 is 1.47 bits per heavy atom. The first-order chi connectivity index (χ1) is 9.24. The predicted molar refractivity (Wildman–Crippen MR) is 68.8 cm³/mol. The van der Waals surface area contributed by atoms with Crippen LogP contribution in [0.1, 0.15) is 16.8 Å². The number of amides is 1. The molecular weight excluding hydrogens is 246 g/mol. The lowest BCUT2D eigenvalue weighted by Gasteiger charge is -2.21. The first kappa shape index (κ1) is 14.9. The van der Waals surface area contributed by atoms with E-state index in [0.29, 0.717) is 25.3 Å². The standard InChI is InChI=1S/C13H17N3O3/c1-18-10-9-16(8-4-6-14)13(17)11-5-3-7-15-12(11)19-2/h3,5,7H,4,8-10H2,1-2H3. The van der Waals surface area contributed by atoms with Crippen LogP contribution in [0.2, 0.25) is 0 Å². The van der Waals surface area contributed by atoms with E-state index < -0.39 is 0 Å². The fraction of sp³-hybridized carbons (Fsp3) is 0.462. The molecule has 0 N–H and O–H groups in total. The van der Waals surface area contributed by atoms with E-state index in [2.05, 4.69) is 4.98 Å². The first-order valence-electron chi connectivity index (χ1n) is 5.88. The maximum absolute atomic E-state index is 12.4. The molecule has 0 unspecified atom stereocenters. The molecule has 0 aliphatic heterocycles. The Labute approximate surface area is 112 Å². The minimum absolute atomic E-state index is 0.211. The lowest BCUT2D eigenvalue weighted by molar-refractivity contribution is 0.0696. The van der Waals surface area contributed by atoms with Gasteiger partial charge in [0.2, 0.25) is 5.88 Å². The number of carbonyl (C=O) groups is 1. The van der Waals surface area contributed by atoms with Crippen molar-refractivity contribution in [3.63, 3.8) is 0 Å². The third-order valence-corrected chi connectivity index (χ3v) is 2.54. The molecular formula is C13H17N3O3. The lowest BCUT2D eigenvalue weighted by atomic mass is 10.2. The number of nitrogens with zero attached hydrogens (tertiary/aromatic N) is 3. The van der Waals surface area contributed by atoms with Crippen molar-refractivity contribution in [3.05, 3.63) is 23.9 Å². The zero-order chi connectivity index (χ0) is 14.1. The van der Waals surface area contributed by atoms with Crippen LogP contribution in [0.4, 0.5) is 0 Å². The second-order valence-corrected chi connectivity index (χ2v) is 3.75. The summed E-state index contributed by atoms with van der Waals surface area (Å²) in [6.45, 7) is 1.20. The van der Waals surface area contributed by atoms with Crippen LogP contribution in [-0.2, 0) is 4.74 Å². The summed E-state index contributed by atoms with van der Waals surface area (Å²) in [5.74, 6) is 0.0733. The van der Waals surface area contributed by atoms with E-state index in [-0.39, 0.29) is 18.2 Å². The Balaban J connectivity index is 2.88. The number of nitriles is 1. The van der Waals surface area contributed by atoms with Crippen molar-refractivity contribution in [3.8, 4) is 11.9 Å². The number of aromatic nitrogens is 1. The van der Waals surface area contributed by atoms with Gasteiger partial charge in [0.1, 0.15) is 5.56 Å². The number of methoxy groups -OCH3 is 2. The summed E-state index contributed by atoms with van der Waals surface area (Å²) >= 11 is 0. The summed E-state index contributed by atoms with van der Waals surface area (Å²) < 4.78 is 10.0. The highest BCUT2D eigenvalue weighted by Gasteiger charge is 2.19. The van der Waals surface area contributed by atoms with Gasteiger partial charge in [-0.15, -0.1) is 0 Å². The fourth-order valence-corrected chi connectivity index (χ4v) is 1.59. The summed E-state index contributed by atoms with van der Waals surface area (Å²) in [4.78, 5) is 17.9. The van der Waals surface area contributed by atoms with Crippen LogP contribution in [0, 0.1) is 11.3 Å². The van der Waals surface area contributed by atoms with Crippen molar-refractivity contribution >= 4 is 5.91 Å². The molecule has 0 aromatic carbocycles. The second kappa shape index (κ2) is 8.06. The Bertz CT molecular complexity index is 457. The van der Waals surface area contributed by atoms with Crippen molar-refractivity contribution in [2.24, 2.45) is 0 Å². The van der Waals surface area contributed by atoms with E-state index in [1.54, 1.807) is 30.3 Å². The highest BCUT2D eigenvalue weighted by Crippen LogP contribution is 2.16. The minimum Gasteiger partial charge on any atom is -0.480 e. The van der Waals surface area contributed by atoms with Gasteiger partial charge < -0.3 is 14.4 Å². The fourth-order valence-electron chi connectivity index (χ4n) is 1.59.